The Morgan fingerprint density at radius 2 is 2.20 bits per heavy atom. The van der Waals surface area contributed by atoms with Crippen LogP contribution < -0.4 is 0 Å². The maximum atomic E-state index is 11.3. The van der Waals surface area contributed by atoms with Gasteiger partial charge in [-0.05, 0) is 19.1 Å². The first kappa shape index (κ1) is 12.2. The summed E-state index contributed by atoms with van der Waals surface area (Å²) in [5.41, 5.74) is 0. The molecule has 0 heterocycles. The van der Waals surface area contributed by atoms with Crippen molar-refractivity contribution in [3.63, 3.8) is 0 Å². The van der Waals surface area contributed by atoms with Crippen LogP contribution in [-0.4, -0.2) is 11.5 Å². The molecule has 0 N–H and O–H groups in total. The van der Waals surface area contributed by atoms with E-state index in [1.807, 2.05) is 24.3 Å². The van der Waals surface area contributed by atoms with Gasteiger partial charge in [0.2, 0.25) is 0 Å². The molecule has 0 amide bonds. The molecule has 0 aromatic heterocycles. The van der Waals surface area contributed by atoms with Gasteiger partial charge in [-0.2, -0.15) is 0 Å². The molecular weight excluding hydrogens is 228 g/mol. The van der Waals surface area contributed by atoms with Gasteiger partial charge in [-0.15, -0.1) is 17.7 Å². The zero-order chi connectivity index (χ0) is 11.1. The van der Waals surface area contributed by atoms with Crippen LogP contribution in [0, 0.1) is 11.8 Å². The smallest absolute Gasteiger partial charge is 0.154 e. The van der Waals surface area contributed by atoms with E-state index in [2.05, 4.69) is 11.8 Å². The van der Waals surface area contributed by atoms with Gasteiger partial charge in [0.15, 0.2) is 5.78 Å². The van der Waals surface area contributed by atoms with Crippen LogP contribution in [0.4, 0.5) is 0 Å². The van der Waals surface area contributed by atoms with Gasteiger partial charge in [-0.3, -0.25) is 4.79 Å². The molecule has 0 saturated heterocycles. The monoisotopic (exact) mass is 238 g/mol. The molecule has 0 saturated carbocycles. The predicted molar refractivity (Wildman–Crippen MR) is 65.3 cm³/mol. The molecule has 0 aliphatic carbocycles. The Labute approximate surface area is 99.2 Å². The Morgan fingerprint density at radius 1 is 1.47 bits per heavy atom. The van der Waals surface area contributed by atoms with E-state index in [1.165, 1.54) is 11.8 Å². The van der Waals surface area contributed by atoms with E-state index >= 15 is 0 Å². The number of rotatable bonds is 4. The van der Waals surface area contributed by atoms with E-state index in [-0.39, 0.29) is 5.78 Å². The first-order valence-corrected chi connectivity index (χ1v) is 5.89. The highest BCUT2D eigenvalue weighted by Gasteiger charge is 2.03. The number of carbonyl (C=O) groups is 1. The number of hydrogen-bond acceptors (Lipinski definition) is 2. The third-order valence-electron chi connectivity index (χ3n) is 1.69. The second-order valence-corrected chi connectivity index (χ2v) is 4.29. The van der Waals surface area contributed by atoms with Gasteiger partial charge in [0, 0.05) is 4.90 Å². The second kappa shape index (κ2) is 6.55. The molecule has 0 unspecified atom stereocenters. The van der Waals surface area contributed by atoms with E-state index in [0.717, 1.165) is 4.90 Å². The van der Waals surface area contributed by atoms with E-state index < -0.39 is 0 Å². The van der Waals surface area contributed by atoms with Crippen LogP contribution in [0.2, 0.25) is 5.02 Å². The van der Waals surface area contributed by atoms with Crippen molar-refractivity contribution in [3.05, 3.63) is 29.3 Å². The SMILES string of the molecule is CC#CCC(=O)CSc1ccccc1Cl. The summed E-state index contributed by atoms with van der Waals surface area (Å²) in [5.74, 6) is 6.02. The molecule has 0 radical (unpaired) electrons. The summed E-state index contributed by atoms with van der Waals surface area (Å²) in [5, 5.41) is 0.692. The fourth-order valence-corrected chi connectivity index (χ4v) is 2.06. The summed E-state index contributed by atoms with van der Waals surface area (Å²) >= 11 is 7.41. The molecule has 0 aliphatic rings. The van der Waals surface area contributed by atoms with Crippen LogP contribution in [0.15, 0.2) is 29.2 Å². The van der Waals surface area contributed by atoms with Crippen molar-refractivity contribution in [2.45, 2.75) is 18.2 Å². The first-order valence-electron chi connectivity index (χ1n) is 4.52. The number of halogens is 1. The van der Waals surface area contributed by atoms with Gasteiger partial charge in [-0.25, -0.2) is 0 Å². The lowest BCUT2D eigenvalue weighted by Crippen LogP contribution is -1.99. The van der Waals surface area contributed by atoms with Crippen LogP contribution in [0.25, 0.3) is 0 Å². The molecule has 0 bridgehead atoms. The molecule has 78 valence electrons. The number of benzene rings is 1. The zero-order valence-corrected chi connectivity index (χ0v) is 9.99. The van der Waals surface area contributed by atoms with Crippen LogP contribution >= 0.6 is 23.4 Å². The molecule has 0 spiro atoms. The molecule has 3 heteroatoms. The maximum Gasteiger partial charge on any atom is 0.154 e. The minimum atomic E-state index is 0.134. The summed E-state index contributed by atoms with van der Waals surface area (Å²) in [6.45, 7) is 1.73. The Bertz CT molecular complexity index is 404. The van der Waals surface area contributed by atoms with Crippen LogP contribution in [-0.2, 0) is 4.79 Å². The number of hydrogen-bond donors (Lipinski definition) is 0. The average molecular weight is 239 g/mol. The second-order valence-electron chi connectivity index (χ2n) is 2.86. The molecule has 0 aliphatic heterocycles. The quantitative estimate of drug-likeness (QED) is 0.591. The Kier molecular flexibility index (Phi) is 5.31. The van der Waals surface area contributed by atoms with Gasteiger partial charge < -0.3 is 0 Å². The minimum Gasteiger partial charge on any atom is -0.298 e. The van der Waals surface area contributed by atoms with Crippen LogP contribution in [0.5, 0.6) is 0 Å². The third-order valence-corrected chi connectivity index (χ3v) is 3.26. The molecule has 0 atom stereocenters. The third kappa shape index (κ3) is 4.42. The van der Waals surface area contributed by atoms with Crippen molar-refractivity contribution in [2.24, 2.45) is 0 Å². The standard InChI is InChI=1S/C12H11ClOS/c1-2-3-6-10(14)9-15-12-8-5-4-7-11(12)13/h4-5,7-8H,6,9H2,1H3. The molecular formula is C12H11ClOS. The van der Waals surface area contributed by atoms with Gasteiger partial charge in [0.25, 0.3) is 0 Å². The first-order chi connectivity index (χ1) is 7.24. The van der Waals surface area contributed by atoms with Crippen molar-refractivity contribution in [2.75, 3.05) is 5.75 Å². The molecule has 15 heavy (non-hydrogen) atoms. The van der Waals surface area contributed by atoms with Crippen molar-refractivity contribution >= 4 is 29.1 Å². The van der Waals surface area contributed by atoms with Crippen LogP contribution in [0.3, 0.4) is 0 Å². The maximum absolute atomic E-state index is 11.3. The lowest BCUT2D eigenvalue weighted by atomic mass is 10.3. The van der Waals surface area contributed by atoms with Gasteiger partial charge in [0.1, 0.15) is 0 Å². The van der Waals surface area contributed by atoms with Gasteiger partial charge >= 0.3 is 0 Å². The Balaban J connectivity index is 2.46. The summed E-state index contributed by atoms with van der Waals surface area (Å²) in [6.07, 6.45) is 0.327. The molecule has 0 fully saturated rings. The zero-order valence-electron chi connectivity index (χ0n) is 8.42. The highest BCUT2D eigenvalue weighted by atomic mass is 35.5. The van der Waals surface area contributed by atoms with Crippen molar-refractivity contribution < 1.29 is 4.79 Å². The normalized spacial score (nSPS) is 9.20. The molecule has 1 aromatic rings. The van der Waals surface area contributed by atoms with Gasteiger partial charge in [-0.1, -0.05) is 29.7 Å². The van der Waals surface area contributed by atoms with E-state index in [9.17, 15) is 4.79 Å². The summed E-state index contributed by atoms with van der Waals surface area (Å²) < 4.78 is 0. The summed E-state index contributed by atoms with van der Waals surface area (Å²) in [6, 6.07) is 7.51. The largest absolute Gasteiger partial charge is 0.298 e. The van der Waals surface area contributed by atoms with E-state index in [0.29, 0.717) is 17.2 Å². The topological polar surface area (TPSA) is 17.1 Å². The molecule has 1 aromatic carbocycles. The summed E-state index contributed by atoms with van der Waals surface area (Å²) in [7, 11) is 0. The Hall–Kier alpha value is -0.910. The van der Waals surface area contributed by atoms with Crippen LogP contribution in [0.1, 0.15) is 13.3 Å². The lowest BCUT2D eigenvalue weighted by molar-refractivity contribution is -0.115. The lowest BCUT2D eigenvalue weighted by Gasteiger charge is -2.01. The fourth-order valence-electron chi connectivity index (χ4n) is 0.958. The minimum absolute atomic E-state index is 0.134. The predicted octanol–water partition coefficient (Wildman–Crippen LogP) is 3.41. The number of thioether (sulfide) groups is 1. The molecule has 1 nitrogen and oxygen atoms in total. The highest BCUT2D eigenvalue weighted by Crippen LogP contribution is 2.26. The number of Topliss-reactive ketones (excluding diaryl/α,β-unsaturated/α-hetero) is 1. The van der Waals surface area contributed by atoms with Crippen molar-refractivity contribution in [1.82, 2.24) is 0 Å². The highest BCUT2D eigenvalue weighted by molar-refractivity contribution is 8.00. The van der Waals surface area contributed by atoms with E-state index in [4.69, 9.17) is 11.6 Å². The van der Waals surface area contributed by atoms with Crippen molar-refractivity contribution in [3.8, 4) is 11.8 Å². The van der Waals surface area contributed by atoms with Crippen molar-refractivity contribution in [1.29, 1.82) is 0 Å². The number of ketones is 1. The number of carbonyl (C=O) groups excluding carboxylic acids is 1. The fraction of sp³-hybridized carbons (Fsp3) is 0.250. The van der Waals surface area contributed by atoms with E-state index in [1.54, 1.807) is 6.92 Å². The molecule has 1 rings (SSSR count). The average Bonchev–Trinajstić information content (AvgIpc) is 2.25. The van der Waals surface area contributed by atoms with Gasteiger partial charge in [0.05, 0.1) is 17.2 Å². The summed E-state index contributed by atoms with van der Waals surface area (Å²) in [4.78, 5) is 12.3. The Morgan fingerprint density at radius 3 is 2.87 bits per heavy atom.